The molecular formula is C21H17F3N6O2. The highest BCUT2D eigenvalue weighted by Crippen LogP contribution is 2.29. The SMILES string of the molecule is O=C(NCCn1ncc2c(=O)n(Cc3cccc(C(F)(F)F)c3)cnc21)c1ccncc1. The summed E-state index contributed by atoms with van der Waals surface area (Å²) in [7, 11) is 0. The number of hydrogen-bond donors (Lipinski definition) is 1. The number of carbonyl (C=O) groups is 1. The number of hydrogen-bond acceptors (Lipinski definition) is 5. The zero-order valence-electron chi connectivity index (χ0n) is 16.6. The fraction of sp³-hybridized carbons (Fsp3) is 0.190. The van der Waals surface area contributed by atoms with Crippen molar-refractivity contribution in [2.45, 2.75) is 19.3 Å². The normalized spacial score (nSPS) is 11.6. The number of amides is 1. The zero-order valence-corrected chi connectivity index (χ0v) is 16.6. The maximum atomic E-state index is 12.9. The van der Waals surface area contributed by atoms with Crippen LogP contribution in [-0.2, 0) is 19.3 Å². The number of pyridine rings is 1. The van der Waals surface area contributed by atoms with Crippen LogP contribution in [0.4, 0.5) is 13.2 Å². The number of nitrogens with one attached hydrogen (secondary N) is 1. The third-order valence-electron chi connectivity index (χ3n) is 4.78. The van der Waals surface area contributed by atoms with Crippen molar-refractivity contribution >= 4 is 16.9 Å². The average molecular weight is 442 g/mol. The van der Waals surface area contributed by atoms with Gasteiger partial charge in [0.05, 0.1) is 24.8 Å². The minimum absolute atomic E-state index is 0.0567. The Hall–Kier alpha value is -4.02. The minimum atomic E-state index is -4.46. The molecule has 164 valence electrons. The van der Waals surface area contributed by atoms with Crippen LogP contribution < -0.4 is 10.9 Å². The highest BCUT2D eigenvalue weighted by Gasteiger charge is 2.30. The zero-order chi connectivity index (χ0) is 22.7. The molecule has 3 heterocycles. The molecule has 11 heteroatoms. The van der Waals surface area contributed by atoms with Gasteiger partial charge in [-0.2, -0.15) is 18.3 Å². The van der Waals surface area contributed by atoms with E-state index in [0.717, 1.165) is 12.1 Å². The molecule has 0 atom stereocenters. The number of alkyl halides is 3. The van der Waals surface area contributed by atoms with Crippen LogP contribution in [0.1, 0.15) is 21.5 Å². The van der Waals surface area contributed by atoms with Gasteiger partial charge in [-0.25, -0.2) is 9.67 Å². The monoisotopic (exact) mass is 442 g/mol. The standard InChI is InChI=1S/C21H17F3N6O2/c22-21(23,24)16-3-1-2-14(10-16)12-29-13-27-18-17(20(29)32)11-28-30(18)9-8-26-19(31)15-4-6-25-7-5-15/h1-7,10-11,13H,8-9,12H2,(H,26,31). The molecule has 0 aliphatic rings. The Bertz CT molecular complexity index is 1310. The third-order valence-corrected chi connectivity index (χ3v) is 4.78. The summed E-state index contributed by atoms with van der Waals surface area (Å²) in [5, 5.41) is 7.13. The Morgan fingerprint density at radius 1 is 1.12 bits per heavy atom. The maximum absolute atomic E-state index is 12.9. The molecule has 1 aromatic carbocycles. The van der Waals surface area contributed by atoms with Gasteiger partial charge < -0.3 is 5.32 Å². The Balaban J connectivity index is 1.48. The van der Waals surface area contributed by atoms with E-state index in [2.05, 4.69) is 20.4 Å². The van der Waals surface area contributed by atoms with E-state index in [1.54, 1.807) is 12.1 Å². The molecule has 32 heavy (non-hydrogen) atoms. The van der Waals surface area contributed by atoms with Crippen LogP contribution in [0.15, 0.2) is 66.1 Å². The molecule has 8 nitrogen and oxygen atoms in total. The van der Waals surface area contributed by atoms with Crippen molar-refractivity contribution in [1.29, 1.82) is 0 Å². The predicted molar refractivity (Wildman–Crippen MR) is 109 cm³/mol. The highest BCUT2D eigenvalue weighted by atomic mass is 19.4. The van der Waals surface area contributed by atoms with Gasteiger partial charge in [0.15, 0.2) is 5.65 Å². The lowest BCUT2D eigenvalue weighted by atomic mass is 10.1. The fourth-order valence-corrected chi connectivity index (χ4v) is 3.20. The van der Waals surface area contributed by atoms with E-state index in [0.29, 0.717) is 16.8 Å². The number of carbonyl (C=O) groups excluding carboxylic acids is 1. The number of nitrogens with zero attached hydrogens (tertiary/aromatic N) is 5. The molecule has 1 amide bonds. The summed E-state index contributed by atoms with van der Waals surface area (Å²) in [6, 6.07) is 7.98. The van der Waals surface area contributed by atoms with Gasteiger partial charge in [0.2, 0.25) is 0 Å². The molecule has 0 saturated carbocycles. The van der Waals surface area contributed by atoms with Gasteiger partial charge in [0, 0.05) is 24.5 Å². The largest absolute Gasteiger partial charge is 0.416 e. The highest BCUT2D eigenvalue weighted by molar-refractivity contribution is 5.93. The molecule has 4 rings (SSSR count). The van der Waals surface area contributed by atoms with Crippen LogP contribution >= 0.6 is 0 Å². The Labute approximate surface area is 179 Å². The minimum Gasteiger partial charge on any atom is -0.350 e. The summed E-state index contributed by atoms with van der Waals surface area (Å²) in [5.74, 6) is -0.264. The van der Waals surface area contributed by atoms with Gasteiger partial charge in [-0.1, -0.05) is 12.1 Å². The molecule has 0 unspecified atom stereocenters. The summed E-state index contributed by atoms with van der Waals surface area (Å²) in [6.07, 6.45) is 1.21. The van der Waals surface area contributed by atoms with Gasteiger partial charge in [-0.15, -0.1) is 0 Å². The van der Waals surface area contributed by atoms with Crippen molar-refractivity contribution in [2.24, 2.45) is 0 Å². The van der Waals surface area contributed by atoms with Crippen LogP contribution in [-0.4, -0.2) is 36.8 Å². The van der Waals surface area contributed by atoms with E-state index < -0.39 is 17.3 Å². The maximum Gasteiger partial charge on any atom is 0.416 e. The summed E-state index contributed by atoms with van der Waals surface area (Å²) in [6.45, 7) is 0.482. The number of halogens is 3. The lowest BCUT2D eigenvalue weighted by Gasteiger charge is -2.10. The molecule has 0 spiro atoms. The summed E-state index contributed by atoms with van der Waals surface area (Å²) in [4.78, 5) is 33.0. The van der Waals surface area contributed by atoms with Crippen molar-refractivity contribution in [1.82, 2.24) is 29.6 Å². The Kier molecular flexibility index (Phi) is 5.71. The number of benzene rings is 1. The van der Waals surface area contributed by atoms with Crippen LogP contribution in [0.5, 0.6) is 0 Å². The van der Waals surface area contributed by atoms with Crippen LogP contribution in [0.2, 0.25) is 0 Å². The van der Waals surface area contributed by atoms with E-state index in [1.807, 2.05) is 0 Å². The van der Waals surface area contributed by atoms with Gasteiger partial charge >= 0.3 is 6.18 Å². The second-order valence-electron chi connectivity index (χ2n) is 6.97. The van der Waals surface area contributed by atoms with E-state index in [1.165, 1.54) is 46.3 Å². The molecule has 3 aromatic heterocycles. The topological polar surface area (TPSA) is 94.7 Å². The fourth-order valence-electron chi connectivity index (χ4n) is 3.20. The predicted octanol–water partition coefficient (Wildman–Crippen LogP) is 2.49. The van der Waals surface area contributed by atoms with E-state index in [9.17, 15) is 22.8 Å². The number of fused-ring (bicyclic) bond motifs is 1. The molecule has 0 radical (unpaired) electrons. The molecule has 0 saturated heterocycles. The summed E-state index contributed by atoms with van der Waals surface area (Å²) >= 11 is 0. The van der Waals surface area contributed by atoms with Gasteiger partial charge in [0.1, 0.15) is 11.7 Å². The van der Waals surface area contributed by atoms with Crippen molar-refractivity contribution < 1.29 is 18.0 Å². The van der Waals surface area contributed by atoms with Crippen LogP contribution in [0.25, 0.3) is 11.0 Å². The van der Waals surface area contributed by atoms with Gasteiger partial charge in [0.25, 0.3) is 11.5 Å². The van der Waals surface area contributed by atoms with Crippen molar-refractivity contribution in [2.75, 3.05) is 6.54 Å². The van der Waals surface area contributed by atoms with Crippen LogP contribution in [0.3, 0.4) is 0 Å². The van der Waals surface area contributed by atoms with Gasteiger partial charge in [-0.05, 0) is 29.8 Å². The summed E-state index contributed by atoms with van der Waals surface area (Å²) < 4.78 is 41.5. The van der Waals surface area contributed by atoms with E-state index in [4.69, 9.17) is 0 Å². The summed E-state index contributed by atoms with van der Waals surface area (Å²) in [5.41, 5.74) is -0.0677. The lowest BCUT2D eigenvalue weighted by Crippen LogP contribution is -2.27. The van der Waals surface area contributed by atoms with E-state index in [-0.39, 0.29) is 30.9 Å². The first-order valence-corrected chi connectivity index (χ1v) is 9.58. The van der Waals surface area contributed by atoms with Crippen molar-refractivity contribution in [3.05, 3.63) is 88.4 Å². The first kappa shape index (κ1) is 21.2. The number of rotatable bonds is 6. The molecule has 1 N–H and O–H groups in total. The molecule has 0 aliphatic heterocycles. The second kappa shape index (κ2) is 8.61. The van der Waals surface area contributed by atoms with Gasteiger partial charge in [-0.3, -0.25) is 19.1 Å². The van der Waals surface area contributed by atoms with Crippen molar-refractivity contribution in [3.8, 4) is 0 Å². The quantitative estimate of drug-likeness (QED) is 0.495. The molecule has 0 aliphatic carbocycles. The first-order chi connectivity index (χ1) is 15.3. The molecule has 4 aromatic rings. The van der Waals surface area contributed by atoms with E-state index >= 15 is 0 Å². The molecule has 0 bridgehead atoms. The Morgan fingerprint density at radius 2 is 1.91 bits per heavy atom. The molecular weight excluding hydrogens is 425 g/mol. The number of aromatic nitrogens is 5. The van der Waals surface area contributed by atoms with Crippen LogP contribution in [0, 0.1) is 0 Å². The van der Waals surface area contributed by atoms with Crippen molar-refractivity contribution in [3.63, 3.8) is 0 Å². The second-order valence-corrected chi connectivity index (χ2v) is 6.97. The smallest absolute Gasteiger partial charge is 0.350 e. The Morgan fingerprint density at radius 3 is 2.66 bits per heavy atom. The lowest BCUT2D eigenvalue weighted by molar-refractivity contribution is -0.137. The molecule has 0 fully saturated rings. The average Bonchev–Trinajstić information content (AvgIpc) is 3.19. The third kappa shape index (κ3) is 4.51. The first-order valence-electron chi connectivity index (χ1n) is 9.58.